The molecule has 0 fully saturated rings. The van der Waals surface area contributed by atoms with Crippen LogP contribution in [0.1, 0.15) is 18.5 Å². The molecule has 1 atom stereocenters. The number of anilines is 1. The predicted octanol–water partition coefficient (Wildman–Crippen LogP) is 3.72. The molecular formula is C13H13BrN2O. The molecule has 1 aromatic carbocycles. The Balaban J connectivity index is 2.14. The zero-order valence-electron chi connectivity index (χ0n) is 9.39. The standard InChI is InChI=1S/C13H13BrN2O/c1-9(11-4-2-3-5-12(11)17)16-10-6-7-13(14)15-8-10/h2-9,16-17H,1H3. The summed E-state index contributed by atoms with van der Waals surface area (Å²) in [6.07, 6.45) is 1.75. The average molecular weight is 293 g/mol. The number of para-hydroxylation sites is 1. The molecule has 0 spiro atoms. The van der Waals surface area contributed by atoms with Crippen molar-refractivity contribution in [3.63, 3.8) is 0 Å². The van der Waals surface area contributed by atoms with E-state index < -0.39 is 0 Å². The van der Waals surface area contributed by atoms with Gasteiger partial charge in [-0.15, -0.1) is 0 Å². The van der Waals surface area contributed by atoms with Crippen LogP contribution in [0.15, 0.2) is 47.2 Å². The number of phenols is 1. The Bertz CT molecular complexity index is 499. The Labute approximate surface area is 109 Å². The van der Waals surface area contributed by atoms with E-state index in [0.29, 0.717) is 5.75 Å². The fourth-order valence-corrected chi connectivity index (χ4v) is 1.88. The van der Waals surface area contributed by atoms with Crippen molar-refractivity contribution < 1.29 is 5.11 Å². The van der Waals surface area contributed by atoms with Crippen LogP contribution >= 0.6 is 15.9 Å². The van der Waals surface area contributed by atoms with E-state index >= 15 is 0 Å². The minimum absolute atomic E-state index is 0.0270. The summed E-state index contributed by atoms with van der Waals surface area (Å²) in [5.41, 5.74) is 1.79. The summed E-state index contributed by atoms with van der Waals surface area (Å²) in [7, 11) is 0. The molecule has 0 saturated heterocycles. The van der Waals surface area contributed by atoms with Crippen LogP contribution in [0, 0.1) is 0 Å². The van der Waals surface area contributed by atoms with Crippen molar-refractivity contribution >= 4 is 21.6 Å². The van der Waals surface area contributed by atoms with Crippen molar-refractivity contribution in [2.45, 2.75) is 13.0 Å². The molecule has 4 heteroatoms. The van der Waals surface area contributed by atoms with Gasteiger partial charge < -0.3 is 10.4 Å². The molecule has 1 heterocycles. The van der Waals surface area contributed by atoms with Gasteiger partial charge in [0, 0.05) is 5.56 Å². The van der Waals surface area contributed by atoms with E-state index in [-0.39, 0.29) is 6.04 Å². The molecule has 2 aromatic rings. The number of benzene rings is 1. The van der Waals surface area contributed by atoms with Crippen molar-refractivity contribution in [1.82, 2.24) is 4.98 Å². The van der Waals surface area contributed by atoms with Gasteiger partial charge in [-0.3, -0.25) is 0 Å². The number of aromatic nitrogens is 1. The summed E-state index contributed by atoms with van der Waals surface area (Å²) >= 11 is 3.29. The maximum Gasteiger partial charge on any atom is 0.120 e. The summed E-state index contributed by atoms with van der Waals surface area (Å²) < 4.78 is 0.804. The van der Waals surface area contributed by atoms with Gasteiger partial charge in [0.15, 0.2) is 0 Å². The summed E-state index contributed by atoms with van der Waals surface area (Å²) in [6.45, 7) is 2.00. The average Bonchev–Trinajstić information content (AvgIpc) is 2.32. The molecule has 0 amide bonds. The Morgan fingerprint density at radius 2 is 2.00 bits per heavy atom. The van der Waals surface area contributed by atoms with Gasteiger partial charge in [-0.25, -0.2) is 4.98 Å². The van der Waals surface area contributed by atoms with E-state index in [1.54, 1.807) is 12.3 Å². The number of phenolic OH excluding ortho intramolecular Hbond substituents is 1. The SMILES string of the molecule is CC(Nc1ccc(Br)nc1)c1ccccc1O. The highest BCUT2D eigenvalue weighted by molar-refractivity contribution is 9.10. The smallest absolute Gasteiger partial charge is 0.120 e. The second kappa shape index (κ2) is 5.19. The van der Waals surface area contributed by atoms with Gasteiger partial charge >= 0.3 is 0 Å². The van der Waals surface area contributed by atoms with Crippen LogP contribution in [0.3, 0.4) is 0 Å². The zero-order valence-corrected chi connectivity index (χ0v) is 11.0. The van der Waals surface area contributed by atoms with Gasteiger partial charge in [-0.05, 0) is 41.1 Å². The van der Waals surface area contributed by atoms with E-state index in [2.05, 4.69) is 26.2 Å². The van der Waals surface area contributed by atoms with Crippen LogP contribution in [0.5, 0.6) is 5.75 Å². The largest absolute Gasteiger partial charge is 0.508 e. The van der Waals surface area contributed by atoms with Crippen LogP contribution in [0.4, 0.5) is 5.69 Å². The van der Waals surface area contributed by atoms with E-state index in [9.17, 15) is 5.11 Å². The first kappa shape index (κ1) is 11.9. The van der Waals surface area contributed by atoms with Crippen LogP contribution in [-0.4, -0.2) is 10.1 Å². The van der Waals surface area contributed by atoms with Crippen molar-refractivity contribution in [1.29, 1.82) is 0 Å². The van der Waals surface area contributed by atoms with E-state index in [1.807, 2.05) is 37.3 Å². The Morgan fingerprint density at radius 3 is 2.65 bits per heavy atom. The Kier molecular flexibility index (Phi) is 3.64. The fourth-order valence-electron chi connectivity index (χ4n) is 1.64. The monoisotopic (exact) mass is 292 g/mol. The molecule has 2 N–H and O–H groups in total. The normalized spacial score (nSPS) is 12.1. The second-order valence-corrected chi connectivity index (χ2v) is 4.61. The fraction of sp³-hybridized carbons (Fsp3) is 0.154. The molecule has 1 aromatic heterocycles. The van der Waals surface area contributed by atoms with Crippen molar-refractivity contribution in [3.05, 3.63) is 52.8 Å². The molecule has 0 aliphatic rings. The summed E-state index contributed by atoms with van der Waals surface area (Å²) in [5, 5.41) is 13.0. The summed E-state index contributed by atoms with van der Waals surface area (Å²) in [4.78, 5) is 4.14. The predicted molar refractivity (Wildman–Crippen MR) is 72.1 cm³/mol. The molecule has 0 radical (unpaired) electrons. The highest BCUT2D eigenvalue weighted by Crippen LogP contribution is 2.26. The number of aromatic hydroxyl groups is 1. The zero-order chi connectivity index (χ0) is 12.3. The van der Waals surface area contributed by atoms with E-state index in [0.717, 1.165) is 15.9 Å². The molecule has 17 heavy (non-hydrogen) atoms. The minimum atomic E-state index is 0.0270. The van der Waals surface area contributed by atoms with Gasteiger partial charge in [0.1, 0.15) is 10.4 Å². The number of hydrogen-bond donors (Lipinski definition) is 2. The van der Waals surface area contributed by atoms with Crippen molar-refractivity contribution in [2.75, 3.05) is 5.32 Å². The van der Waals surface area contributed by atoms with Crippen LogP contribution in [0.25, 0.3) is 0 Å². The van der Waals surface area contributed by atoms with Crippen molar-refractivity contribution in [3.8, 4) is 5.75 Å². The van der Waals surface area contributed by atoms with Gasteiger partial charge in [0.05, 0.1) is 17.9 Å². The third kappa shape index (κ3) is 2.97. The van der Waals surface area contributed by atoms with E-state index in [4.69, 9.17) is 0 Å². The van der Waals surface area contributed by atoms with Crippen LogP contribution < -0.4 is 5.32 Å². The molecule has 88 valence electrons. The second-order valence-electron chi connectivity index (χ2n) is 3.79. The lowest BCUT2D eigenvalue weighted by Gasteiger charge is -2.16. The number of nitrogens with one attached hydrogen (secondary N) is 1. The molecule has 0 aliphatic heterocycles. The third-order valence-corrected chi connectivity index (χ3v) is 2.98. The lowest BCUT2D eigenvalue weighted by molar-refractivity contribution is 0.465. The molecule has 0 saturated carbocycles. The Hall–Kier alpha value is -1.55. The highest BCUT2D eigenvalue weighted by Gasteiger charge is 2.09. The summed E-state index contributed by atoms with van der Waals surface area (Å²) in [6, 6.07) is 11.2. The molecule has 2 rings (SSSR count). The van der Waals surface area contributed by atoms with E-state index in [1.165, 1.54) is 0 Å². The van der Waals surface area contributed by atoms with Crippen molar-refractivity contribution in [2.24, 2.45) is 0 Å². The third-order valence-electron chi connectivity index (χ3n) is 2.51. The number of rotatable bonds is 3. The van der Waals surface area contributed by atoms with Gasteiger partial charge in [0.2, 0.25) is 0 Å². The number of hydrogen-bond acceptors (Lipinski definition) is 3. The highest BCUT2D eigenvalue weighted by atomic mass is 79.9. The quantitative estimate of drug-likeness (QED) is 0.848. The molecular weight excluding hydrogens is 280 g/mol. The number of pyridine rings is 1. The van der Waals surface area contributed by atoms with Crippen LogP contribution in [-0.2, 0) is 0 Å². The maximum absolute atomic E-state index is 9.74. The maximum atomic E-state index is 9.74. The first-order valence-corrected chi connectivity index (χ1v) is 6.12. The van der Waals surface area contributed by atoms with Crippen LogP contribution in [0.2, 0.25) is 0 Å². The Morgan fingerprint density at radius 1 is 1.24 bits per heavy atom. The van der Waals surface area contributed by atoms with Gasteiger partial charge in [-0.2, -0.15) is 0 Å². The van der Waals surface area contributed by atoms with Gasteiger partial charge in [-0.1, -0.05) is 18.2 Å². The molecule has 1 unspecified atom stereocenters. The molecule has 0 aliphatic carbocycles. The topological polar surface area (TPSA) is 45.2 Å². The van der Waals surface area contributed by atoms with Gasteiger partial charge in [0.25, 0.3) is 0 Å². The molecule has 3 nitrogen and oxygen atoms in total. The first-order chi connectivity index (χ1) is 8.16. The lowest BCUT2D eigenvalue weighted by Crippen LogP contribution is -2.06. The lowest BCUT2D eigenvalue weighted by atomic mass is 10.1. The number of halogens is 1. The minimum Gasteiger partial charge on any atom is -0.508 e. The first-order valence-electron chi connectivity index (χ1n) is 5.33. The molecule has 0 bridgehead atoms. The number of nitrogens with zero attached hydrogens (tertiary/aromatic N) is 1. The summed E-state index contributed by atoms with van der Waals surface area (Å²) in [5.74, 6) is 0.303.